The molecule has 1 fully saturated rings. The molecule has 0 unspecified atom stereocenters. The van der Waals surface area contributed by atoms with Crippen molar-refractivity contribution in [3.8, 4) is 0 Å². The van der Waals surface area contributed by atoms with Crippen LogP contribution >= 0.6 is 22.9 Å². The number of hydrogen-bond acceptors (Lipinski definition) is 5. The molecule has 0 aliphatic carbocycles. The summed E-state index contributed by atoms with van der Waals surface area (Å²) in [5.74, 6) is 0. The lowest BCUT2D eigenvalue weighted by Gasteiger charge is -2.32. The highest BCUT2D eigenvalue weighted by molar-refractivity contribution is 7.91. The van der Waals surface area contributed by atoms with Gasteiger partial charge in [0.15, 0.2) is 0 Å². The molecule has 1 saturated heterocycles. The van der Waals surface area contributed by atoms with Gasteiger partial charge >= 0.3 is 0 Å². The van der Waals surface area contributed by atoms with Gasteiger partial charge in [-0.15, -0.1) is 11.3 Å². The summed E-state index contributed by atoms with van der Waals surface area (Å²) < 4.78 is 53.5. The summed E-state index contributed by atoms with van der Waals surface area (Å²) in [4.78, 5) is 1.07. The zero-order chi connectivity index (χ0) is 18.2. The Morgan fingerprint density at radius 3 is 1.84 bits per heavy atom. The van der Waals surface area contributed by atoms with Gasteiger partial charge in [-0.3, -0.25) is 0 Å². The van der Waals surface area contributed by atoms with Gasteiger partial charge in [-0.2, -0.15) is 8.61 Å². The molecule has 3 rings (SSSR count). The molecule has 0 N–H and O–H groups in total. The fourth-order valence-corrected chi connectivity index (χ4v) is 6.99. The molecular weight excluding hydrogens is 404 g/mol. The number of thiophene rings is 1. The molecule has 6 nitrogen and oxygen atoms in total. The molecule has 10 heteroatoms. The number of piperazine rings is 1. The Morgan fingerprint density at radius 1 is 0.840 bits per heavy atom. The van der Waals surface area contributed by atoms with Crippen molar-refractivity contribution in [2.75, 3.05) is 26.2 Å². The second-order valence-corrected chi connectivity index (χ2v) is 11.5. The lowest BCUT2D eigenvalue weighted by molar-refractivity contribution is 0.273. The number of hydrogen-bond donors (Lipinski definition) is 0. The first-order valence-corrected chi connectivity index (χ1v) is 11.6. The first-order valence-electron chi connectivity index (χ1n) is 7.53. The van der Waals surface area contributed by atoms with Crippen LogP contribution in [0.2, 0.25) is 5.02 Å². The van der Waals surface area contributed by atoms with E-state index in [9.17, 15) is 16.8 Å². The van der Waals surface area contributed by atoms with Crippen molar-refractivity contribution < 1.29 is 16.8 Å². The standard InChI is InChI=1S/C15H17ClN2O4S3/c1-12-2-7-15(23-12)25(21,22)18-10-8-17(9-11-18)24(19,20)14-5-3-13(16)4-6-14/h2-7H,8-11H2,1H3. The lowest BCUT2D eigenvalue weighted by Crippen LogP contribution is -2.50. The fraction of sp³-hybridized carbons (Fsp3) is 0.333. The van der Waals surface area contributed by atoms with E-state index in [-0.39, 0.29) is 31.1 Å². The largest absolute Gasteiger partial charge is 0.252 e. The topological polar surface area (TPSA) is 74.8 Å². The number of rotatable bonds is 4. The third-order valence-electron chi connectivity index (χ3n) is 3.96. The van der Waals surface area contributed by atoms with E-state index < -0.39 is 20.0 Å². The van der Waals surface area contributed by atoms with Gasteiger partial charge in [0.05, 0.1) is 4.90 Å². The minimum Gasteiger partial charge on any atom is -0.207 e. The summed E-state index contributed by atoms with van der Waals surface area (Å²) >= 11 is 7.01. The minimum absolute atomic E-state index is 0.120. The van der Waals surface area contributed by atoms with E-state index in [4.69, 9.17) is 11.6 Å². The van der Waals surface area contributed by atoms with E-state index in [0.29, 0.717) is 9.23 Å². The third kappa shape index (κ3) is 3.76. The van der Waals surface area contributed by atoms with Crippen LogP contribution < -0.4 is 0 Å². The normalized spacial score (nSPS) is 17.7. The molecule has 0 bridgehead atoms. The van der Waals surface area contributed by atoms with Crippen molar-refractivity contribution >= 4 is 43.0 Å². The van der Waals surface area contributed by atoms with Crippen molar-refractivity contribution in [3.63, 3.8) is 0 Å². The van der Waals surface area contributed by atoms with Crippen molar-refractivity contribution in [2.45, 2.75) is 16.0 Å². The zero-order valence-electron chi connectivity index (χ0n) is 13.4. The molecule has 0 saturated carbocycles. The average Bonchev–Trinajstić information content (AvgIpc) is 3.03. The summed E-state index contributed by atoms with van der Waals surface area (Å²) in [6.45, 7) is 2.35. The lowest BCUT2D eigenvalue weighted by atomic mass is 10.4. The van der Waals surface area contributed by atoms with Crippen LogP contribution in [-0.2, 0) is 20.0 Å². The van der Waals surface area contributed by atoms with Crippen LogP contribution in [0.4, 0.5) is 0 Å². The summed E-state index contributed by atoms with van der Waals surface area (Å²) in [6, 6.07) is 9.30. The van der Waals surface area contributed by atoms with E-state index in [1.807, 2.05) is 6.92 Å². The molecule has 0 amide bonds. The zero-order valence-corrected chi connectivity index (χ0v) is 16.6. The third-order valence-corrected chi connectivity index (χ3v) is 9.49. The van der Waals surface area contributed by atoms with Gasteiger partial charge in [-0.25, -0.2) is 16.8 Å². The highest BCUT2D eigenvalue weighted by Crippen LogP contribution is 2.26. The molecule has 1 aliphatic rings. The Hall–Kier alpha value is -0.970. The second kappa shape index (κ2) is 6.98. The predicted octanol–water partition coefficient (Wildman–Crippen LogP) is 2.41. The van der Waals surface area contributed by atoms with Crippen molar-refractivity contribution in [2.24, 2.45) is 0 Å². The average molecular weight is 421 g/mol. The highest BCUT2D eigenvalue weighted by atomic mass is 35.5. The van der Waals surface area contributed by atoms with Crippen LogP contribution in [-0.4, -0.2) is 51.6 Å². The van der Waals surface area contributed by atoms with Gasteiger partial charge in [0.25, 0.3) is 10.0 Å². The Balaban J connectivity index is 1.74. The first-order chi connectivity index (χ1) is 11.7. The molecule has 2 heterocycles. The second-order valence-electron chi connectivity index (χ2n) is 5.63. The molecule has 136 valence electrons. The minimum atomic E-state index is -3.65. The Bertz CT molecular complexity index is 960. The maximum Gasteiger partial charge on any atom is 0.252 e. The molecule has 1 aliphatic heterocycles. The summed E-state index contributed by atoms with van der Waals surface area (Å²) in [5.41, 5.74) is 0. The molecule has 25 heavy (non-hydrogen) atoms. The molecule has 0 radical (unpaired) electrons. The summed E-state index contributed by atoms with van der Waals surface area (Å²) in [5, 5.41) is 0.459. The van der Waals surface area contributed by atoms with Crippen molar-refractivity contribution in [1.29, 1.82) is 0 Å². The van der Waals surface area contributed by atoms with Crippen LogP contribution in [0.3, 0.4) is 0 Å². The van der Waals surface area contributed by atoms with Crippen LogP contribution in [0.15, 0.2) is 45.5 Å². The maximum absolute atomic E-state index is 12.6. The predicted molar refractivity (Wildman–Crippen MR) is 98.0 cm³/mol. The van der Waals surface area contributed by atoms with Crippen LogP contribution in [0.1, 0.15) is 4.88 Å². The number of halogens is 1. The molecule has 0 atom stereocenters. The smallest absolute Gasteiger partial charge is 0.207 e. The quantitative estimate of drug-likeness (QED) is 0.761. The monoisotopic (exact) mass is 420 g/mol. The highest BCUT2D eigenvalue weighted by Gasteiger charge is 2.34. The van der Waals surface area contributed by atoms with Crippen molar-refractivity contribution in [1.82, 2.24) is 8.61 Å². The number of sulfonamides is 2. The maximum atomic E-state index is 12.6. The molecule has 1 aromatic carbocycles. The Labute approximate surface area is 156 Å². The van der Waals surface area contributed by atoms with Crippen LogP contribution in [0.25, 0.3) is 0 Å². The Morgan fingerprint density at radius 2 is 1.36 bits per heavy atom. The van der Waals surface area contributed by atoms with Gasteiger partial charge in [-0.05, 0) is 43.3 Å². The van der Waals surface area contributed by atoms with Crippen LogP contribution in [0, 0.1) is 6.92 Å². The summed E-state index contributed by atoms with van der Waals surface area (Å²) in [6.07, 6.45) is 0. The first kappa shape index (κ1) is 18.8. The van der Waals surface area contributed by atoms with E-state index in [1.165, 1.54) is 44.2 Å². The molecule has 0 spiro atoms. The van der Waals surface area contributed by atoms with Gasteiger partial charge in [-0.1, -0.05) is 11.6 Å². The Kier molecular flexibility index (Phi) is 5.25. The fourth-order valence-electron chi connectivity index (χ4n) is 2.58. The molecule has 1 aromatic heterocycles. The van der Waals surface area contributed by atoms with Gasteiger partial charge in [0.1, 0.15) is 4.21 Å². The number of benzene rings is 1. The van der Waals surface area contributed by atoms with Gasteiger partial charge < -0.3 is 0 Å². The van der Waals surface area contributed by atoms with E-state index in [0.717, 1.165) is 4.88 Å². The van der Waals surface area contributed by atoms with Crippen molar-refractivity contribution in [3.05, 3.63) is 46.3 Å². The van der Waals surface area contributed by atoms with Gasteiger partial charge in [0.2, 0.25) is 10.0 Å². The van der Waals surface area contributed by atoms with E-state index in [2.05, 4.69) is 0 Å². The molecular formula is C15H17ClN2O4S3. The number of aryl methyl sites for hydroxylation is 1. The van der Waals surface area contributed by atoms with Gasteiger partial charge in [0, 0.05) is 36.1 Å². The SMILES string of the molecule is Cc1ccc(S(=O)(=O)N2CCN(S(=O)(=O)c3ccc(Cl)cc3)CC2)s1. The van der Waals surface area contributed by atoms with E-state index in [1.54, 1.807) is 12.1 Å². The summed E-state index contributed by atoms with van der Waals surface area (Å²) in [7, 11) is -7.22. The van der Waals surface area contributed by atoms with E-state index >= 15 is 0 Å². The number of nitrogens with zero attached hydrogens (tertiary/aromatic N) is 2. The van der Waals surface area contributed by atoms with Crippen LogP contribution in [0.5, 0.6) is 0 Å². The molecule has 2 aromatic rings.